The maximum atomic E-state index is 5.87. The first-order valence-electron chi connectivity index (χ1n) is 7.24. The van der Waals surface area contributed by atoms with E-state index in [9.17, 15) is 0 Å². The summed E-state index contributed by atoms with van der Waals surface area (Å²) in [7, 11) is 0. The third kappa shape index (κ3) is 3.05. The molecule has 0 spiro atoms. The van der Waals surface area contributed by atoms with Gasteiger partial charge in [0.25, 0.3) is 0 Å². The van der Waals surface area contributed by atoms with Crippen LogP contribution in [0.4, 0.5) is 5.69 Å². The monoisotopic (exact) mass is 247 g/mol. The third-order valence-corrected chi connectivity index (χ3v) is 3.83. The normalized spacial score (nSPS) is 23.3. The van der Waals surface area contributed by atoms with Crippen LogP contribution in [0.3, 0.4) is 0 Å². The quantitative estimate of drug-likeness (QED) is 0.854. The van der Waals surface area contributed by atoms with Crippen LogP contribution in [0.5, 0.6) is 0 Å². The van der Waals surface area contributed by atoms with E-state index in [1.54, 1.807) is 0 Å². The molecule has 1 N–H and O–H groups in total. The Labute approximate surface area is 111 Å². The van der Waals surface area contributed by atoms with Gasteiger partial charge in [-0.05, 0) is 43.7 Å². The van der Waals surface area contributed by atoms with Crippen molar-refractivity contribution in [3.8, 4) is 0 Å². The van der Waals surface area contributed by atoms with Gasteiger partial charge in [-0.15, -0.1) is 0 Å². The lowest BCUT2D eigenvalue weighted by Crippen LogP contribution is -2.21. The van der Waals surface area contributed by atoms with Crippen molar-refractivity contribution < 1.29 is 4.74 Å². The van der Waals surface area contributed by atoms with E-state index in [4.69, 9.17) is 4.74 Å². The van der Waals surface area contributed by atoms with E-state index in [2.05, 4.69) is 44.3 Å². The fraction of sp³-hybridized carbons (Fsp3) is 0.625. The highest BCUT2D eigenvalue weighted by atomic mass is 16.5. The highest BCUT2D eigenvalue weighted by molar-refractivity contribution is 5.58. The van der Waals surface area contributed by atoms with Gasteiger partial charge in [-0.3, -0.25) is 0 Å². The highest BCUT2D eigenvalue weighted by Gasteiger charge is 2.21. The van der Waals surface area contributed by atoms with E-state index in [1.807, 2.05) is 0 Å². The zero-order chi connectivity index (χ0) is 13.0. The van der Waals surface area contributed by atoms with Crippen LogP contribution in [0.25, 0.3) is 0 Å². The zero-order valence-electron chi connectivity index (χ0n) is 11.8. The van der Waals surface area contributed by atoms with Crippen molar-refractivity contribution in [1.82, 2.24) is 0 Å². The van der Waals surface area contributed by atoms with Crippen LogP contribution in [0.2, 0.25) is 0 Å². The molecule has 0 bridgehead atoms. The van der Waals surface area contributed by atoms with E-state index in [1.165, 1.54) is 29.7 Å². The van der Waals surface area contributed by atoms with Crippen molar-refractivity contribution >= 4 is 5.69 Å². The molecule has 0 aromatic heterocycles. The summed E-state index contributed by atoms with van der Waals surface area (Å²) >= 11 is 0. The molecule has 1 aliphatic rings. The minimum Gasteiger partial charge on any atom is -0.382 e. The number of nitrogens with one attached hydrogen (secondary N) is 1. The van der Waals surface area contributed by atoms with Crippen LogP contribution in [0.1, 0.15) is 44.7 Å². The molecule has 1 heterocycles. The first-order chi connectivity index (χ1) is 8.74. The zero-order valence-corrected chi connectivity index (χ0v) is 11.8. The van der Waals surface area contributed by atoms with Crippen molar-refractivity contribution in [3.05, 3.63) is 29.3 Å². The maximum absolute atomic E-state index is 5.87. The van der Waals surface area contributed by atoms with Crippen LogP contribution in [0, 0.1) is 0 Å². The number of ether oxygens (including phenoxy) is 1. The van der Waals surface area contributed by atoms with Crippen LogP contribution >= 0.6 is 0 Å². The molecule has 2 unspecified atom stereocenters. The van der Waals surface area contributed by atoms with Crippen LogP contribution in [-0.2, 0) is 17.6 Å². The Morgan fingerprint density at radius 3 is 2.33 bits per heavy atom. The third-order valence-electron chi connectivity index (χ3n) is 3.83. The molecule has 2 atom stereocenters. The summed E-state index contributed by atoms with van der Waals surface area (Å²) in [6.07, 6.45) is 5.36. The Morgan fingerprint density at radius 2 is 1.83 bits per heavy atom. The molecule has 1 saturated heterocycles. The Morgan fingerprint density at radius 1 is 1.17 bits per heavy atom. The first-order valence-corrected chi connectivity index (χ1v) is 7.24. The number of hydrogen-bond donors (Lipinski definition) is 1. The molecule has 0 saturated carbocycles. The number of rotatable bonds is 5. The smallest absolute Gasteiger partial charge is 0.0751 e. The molecule has 100 valence electrons. The minimum absolute atomic E-state index is 0.384. The lowest BCUT2D eigenvalue weighted by molar-refractivity contribution is 0.0637. The van der Waals surface area contributed by atoms with E-state index >= 15 is 0 Å². The first kappa shape index (κ1) is 13.4. The summed E-state index contributed by atoms with van der Waals surface area (Å²) in [6, 6.07) is 6.61. The summed E-state index contributed by atoms with van der Waals surface area (Å²) < 4.78 is 5.87. The average Bonchev–Trinajstić information content (AvgIpc) is 2.81. The van der Waals surface area contributed by atoms with E-state index < -0.39 is 0 Å². The van der Waals surface area contributed by atoms with Crippen molar-refractivity contribution in [3.63, 3.8) is 0 Å². The molecule has 1 aromatic rings. The topological polar surface area (TPSA) is 21.3 Å². The molecule has 0 aliphatic carbocycles. The number of benzene rings is 1. The maximum Gasteiger partial charge on any atom is 0.0751 e. The van der Waals surface area contributed by atoms with Crippen molar-refractivity contribution in [1.29, 1.82) is 0 Å². The van der Waals surface area contributed by atoms with Gasteiger partial charge >= 0.3 is 0 Å². The molecular weight excluding hydrogens is 222 g/mol. The number of anilines is 1. The Hall–Kier alpha value is -1.02. The van der Waals surface area contributed by atoms with Gasteiger partial charge in [0.15, 0.2) is 0 Å². The van der Waals surface area contributed by atoms with Gasteiger partial charge in [0.2, 0.25) is 0 Å². The summed E-state index contributed by atoms with van der Waals surface area (Å²) in [5.41, 5.74) is 4.17. The van der Waals surface area contributed by atoms with E-state index in [-0.39, 0.29) is 0 Å². The number of aryl methyl sites for hydroxylation is 2. The Balaban J connectivity index is 2.03. The Kier molecular flexibility index (Phi) is 4.65. The molecule has 0 radical (unpaired) electrons. The van der Waals surface area contributed by atoms with E-state index in [0.717, 1.165) is 19.4 Å². The summed E-state index contributed by atoms with van der Waals surface area (Å²) in [5, 5.41) is 3.62. The second kappa shape index (κ2) is 6.24. The molecular formula is C16H25NO. The van der Waals surface area contributed by atoms with Gasteiger partial charge in [0.05, 0.1) is 12.2 Å². The molecule has 1 fully saturated rings. The summed E-state index contributed by atoms with van der Waals surface area (Å²) in [5.74, 6) is 0. The lowest BCUT2D eigenvalue weighted by Gasteiger charge is -2.18. The molecule has 1 aromatic carbocycles. The van der Waals surface area contributed by atoms with Gasteiger partial charge in [-0.1, -0.05) is 32.0 Å². The van der Waals surface area contributed by atoms with Crippen molar-refractivity contribution in [2.45, 2.75) is 58.7 Å². The molecule has 18 heavy (non-hydrogen) atoms. The van der Waals surface area contributed by atoms with Gasteiger partial charge < -0.3 is 10.1 Å². The molecule has 0 amide bonds. The summed E-state index contributed by atoms with van der Waals surface area (Å²) in [6.45, 7) is 7.54. The van der Waals surface area contributed by atoms with Crippen molar-refractivity contribution in [2.24, 2.45) is 0 Å². The molecule has 1 aliphatic heterocycles. The second-order valence-electron chi connectivity index (χ2n) is 5.19. The fourth-order valence-corrected chi connectivity index (χ4v) is 2.72. The predicted octanol–water partition coefficient (Wildman–Crippen LogP) is 3.79. The largest absolute Gasteiger partial charge is 0.382 e. The van der Waals surface area contributed by atoms with Crippen molar-refractivity contribution in [2.75, 3.05) is 11.9 Å². The standard InChI is InChI=1S/C16H25NO/c1-4-13-7-6-8-14(5-2)16(13)17-11-15-10-9-12(3)18-15/h6-8,12,15,17H,4-5,9-11H2,1-3H3. The lowest BCUT2D eigenvalue weighted by atomic mass is 10.0. The number of para-hydroxylation sites is 1. The Bertz CT molecular complexity index is 366. The van der Waals surface area contributed by atoms with Gasteiger partial charge in [-0.25, -0.2) is 0 Å². The molecule has 2 heteroatoms. The van der Waals surface area contributed by atoms with Crippen LogP contribution < -0.4 is 5.32 Å². The SMILES string of the molecule is CCc1cccc(CC)c1NCC1CCC(C)O1. The number of hydrogen-bond acceptors (Lipinski definition) is 2. The van der Waals surface area contributed by atoms with Crippen LogP contribution in [0.15, 0.2) is 18.2 Å². The van der Waals surface area contributed by atoms with Gasteiger partial charge in [0.1, 0.15) is 0 Å². The highest BCUT2D eigenvalue weighted by Crippen LogP contribution is 2.24. The van der Waals surface area contributed by atoms with E-state index in [0.29, 0.717) is 12.2 Å². The molecule has 2 rings (SSSR count). The predicted molar refractivity (Wildman–Crippen MR) is 77.3 cm³/mol. The van der Waals surface area contributed by atoms with Gasteiger partial charge in [0, 0.05) is 12.2 Å². The second-order valence-corrected chi connectivity index (χ2v) is 5.19. The fourth-order valence-electron chi connectivity index (χ4n) is 2.72. The van der Waals surface area contributed by atoms with Crippen LogP contribution in [-0.4, -0.2) is 18.8 Å². The van der Waals surface area contributed by atoms with Gasteiger partial charge in [-0.2, -0.15) is 0 Å². The summed E-state index contributed by atoms with van der Waals surface area (Å²) in [4.78, 5) is 0. The average molecular weight is 247 g/mol. The molecule has 2 nitrogen and oxygen atoms in total. The minimum atomic E-state index is 0.384.